The maximum absolute atomic E-state index is 12.0. The number of carbonyl (C=O) groups excluding carboxylic acids is 1. The average Bonchev–Trinajstić information content (AvgIpc) is 2.40. The van der Waals surface area contributed by atoms with E-state index in [2.05, 4.69) is 5.32 Å². The van der Waals surface area contributed by atoms with Gasteiger partial charge in [-0.25, -0.2) is 0 Å². The van der Waals surface area contributed by atoms with Gasteiger partial charge < -0.3 is 11.1 Å². The third kappa shape index (κ3) is 3.18. The smallest absolute Gasteiger partial charge is 0.255 e. The third-order valence-electron chi connectivity index (χ3n) is 2.65. The summed E-state index contributed by atoms with van der Waals surface area (Å²) >= 11 is 0. The quantitative estimate of drug-likeness (QED) is 0.862. The molecule has 0 aliphatic heterocycles. The van der Waals surface area contributed by atoms with Gasteiger partial charge >= 0.3 is 0 Å². The number of carbonyl (C=O) groups is 1. The van der Waals surface area contributed by atoms with E-state index in [1.165, 1.54) is 0 Å². The normalized spacial score (nSPS) is 10.1. The van der Waals surface area contributed by atoms with Crippen LogP contribution in [-0.4, -0.2) is 12.5 Å². The fourth-order valence-electron chi connectivity index (χ4n) is 1.76. The lowest BCUT2D eigenvalue weighted by molar-refractivity contribution is 0.102. The minimum absolute atomic E-state index is 0.0972. The van der Waals surface area contributed by atoms with Crippen molar-refractivity contribution in [2.45, 2.75) is 6.42 Å². The molecular formula is C15H16N2O. The highest BCUT2D eigenvalue weighted by molar-refractivity contribution is 6.04. The molecule has 0 aromatic heterocycles. The predicted molar refractivity (Wildman–Crippen MR) is 73.6 cm³/mol. The van der Waals surface area contributed by atoms with Crippen molar-refractivity contribution >= 4 is 11.6 Å². The molecule has 2 aromatic rings. The number of nitrogens with two attached hydrogens (primary N) is 1. The van der Waals surface area contributed by atoms with Gasteiger partial charge in [-0.3, -0.25) is 4.79 Å². The summed E-state index contributed by atoms with van der Waals surface area (Å²) in [5.41, 5.74) is 8.05. The number of hydrogen-bond acceptors (Lipinski definition) is 2. The number of para-hydroxylation sites is 1. The molecular weight excluding hydrogens is 224 g/mol. The van der Waals surface area contributed by atoms with E-state index in [1.54, 1.807) is 6.07 Å². The van der Waals surface area contributed by atoms with E-state index in [-0.39, 0.29) is 5.91 Å². The van der Waals surface area contributed by atoms with Crippen molar-refractivity contribution in [1.82, 2.24) is 0 Å². The van der Waals surface area contributed by atoms with E-state index in [4.69, 9.17) is 5.73 Å². The molecule has 0 fully saturated rings. The molecule has 2 rings (SSSR count). The van der Waals surface area contributed by atoms with Crippen LogP contribution in [0, 0.1) is 0 Å². The molecule has 0 atom stereocenters. The molecule has 0 heterocycles. The first-order valence-electron chi connectivity index (χ1n) is 5.95. The highest BCUT2D eigenvalue weighted by Gasteiger charge is 2.06. The average molecular weight is 240 g/mol. The lowest BCUT2D eigenvalue weighted by Crippen LogP contribution is -2.12. The summed E-state index contributed by atoms with van der Waals surface area (Å²) in [5, 5.41) is 2.86. The summed E-state index contributed by atoms with van der Waals surface area (Å²) in [5.74, 6) is -0.0972. The molecule has 0 saturated heterocycles. The molecule has 0 unspecified atom stereocenters. The monoisotopic (exact) mass is 240 g/mol. The topological polar surface area (TPSA) is 55.1 Å². The van der Waals surface area contributed by atoms with Gasteiger partial charge in [-0.1, -0.05) is 30.3 Å². The number of nitrogens with one attached hydrogen (secondary N) is 1. The van der Waals surface area contributed by atoms with Crippen LogP contribution in [0.15, 0.2) is 54.6 Å². The molecule has 0 saturated carbocycles. The Morgan fingerprint density at radius 3 is 2.56 bits per heavy atom. The van der Waals surface area contributed by atoms with Gasteiger partial charge in [0.15, 0.2) is 0 Å². The molecule has 18 heavy (non-hydrogen) atoms. The van der Waals surface area contributed by atoms with E-state index >= 15 is 0 Å². The molecule has 92 valence electrons. The summed E-state index contributed by atoms with van der Waals surface area (Å²) < 4.78 is 0. The molecule has 2 aromatic carbocycles. The molecule has 0 bridgehead atoms. The summed E-state index contributed by atoms with van der Waals surface area (Å²) in [4.78, 5) is 12.0. The van der Waals surface area contributed by atoms with Crippen molar-refractivity contribution in [3.8, 4) is 0 Å². The van der Waals surface area contributed by atoms with Crippen molar-refractivity contribution in [2.24, 2.45) is 5.73 Å². The Balaban J connectivity index is 2.11. The van der Waals surface area contributed by atoms with Gasteiger partial charge in [0.2, 0.25) is 0 Å². The molecule has 3 N–H and O–H groups in total. The first kappa shape index (κ1) is 12.3. The van der Waals surface area contributed by atoms with E-state index in [0.29, 0.717) is 12.1 Å². The summed E-state index contributed by atoms with van der Waals surface area (Å²) in [6.45, 7) is 0.587. The summed E-state index contributed by atoms with van der Waals surface area (Å²) in [6.07, 6.45) is 0.784. The van der Waals surface area contributed by atoms with Gasteiger partial charge in [0.1, 0.15) is 0 Å². The van der Waals surface area contributed by atoms with Crippen LogP contribution < -0.4 is 11.1 Å². The molecule has 0 aliphatic rings. The van der Waals surface area contributed by atoms with E-state index in [1.807, 2.05) is 48.5 Å². The number of anilines is 1. The van der Waals surface area contributed by atoms with Crippen molar-refractivity contribution < 1.29 is 4.79 Å². The zero-order chi connectivity index (χ0) is 12.8. The largest absolute Gasteiger partial charge is 0.330 e. The minimum Gasteiger partial charge on any atom is -0.330 e. The molecule has 1 amide bonds. The Morgan fingerprint density at radius 2 is 1.83 bits per heavy atom. The summed E-state index contributed by atoms with van der Waals surface area (Å²) in [6, 6.07) is 17.0. The van der Waals surface area contributed by atoms with E-state index in [9.17, 15) is 4.79 Å². The molecule has 3 heteroatoms. The van der Waals surface area contributed by atoms with Crippen molar-refractivity contribution in [3.63, 3.8) is 0 Å². The van der Waals surface area contributed by atoms with Crippen LogP contribution in [-0.2, 0) is 6.42 Å². The number of rotatable bonds is 4. The first-order valence-corrected chi connectivity index (χ1v) is 5.95. The van der Waals surface area contributed by atoms with Crippen molar-refractivity contribution in [1.29, 1.82) is 0 Å². The van der Waals surface area contributed by atoms with Crippen molar-refractivity contribution in [3.05, 3.63) is 65.7 Å². The fourth-order valence-corrected chi connectivity index (χ4v) is 1.76. The van der Waals surface area contributed by atoms with Crippen LogP contribution in [0.2, 0.25) is 0 Å². The van der Waals surface area contributed by atoms with Crippen LogP contribution in [0.25, 0.3) is 0 Å². The second-order valence-electron chi connectivity index (χ2n) is 4.06. The Hall–Kier alpha value is -2.13. The highest BCUT2D eigenvalue weighted by Crippen LogP contribution is 2.10. The third-order valence-corrected chi connectivity index (χ3v) is 2.65. The van der Waals surface area contributed by atoms with Crippen LogP contribution in [0.3, 0.4) is 0 Å². The molecule has 0 aliphatic carbocycles. The standard InChI is InChI=1S/C15H16N2O/c16-10-9-12-5-4-6-13(11-12)15(18)17-14-7-2-1-3-8-14/h1-8,11H,9-10,16H2,(H,17,18). The zero-order valence-electron chi connectivity index (χ0n) is 10.1. The SMILES string of the molecule is NCCc1cccc(C(=O)Nc2ccccc2)c1. The lowest BCUT2D eigenvalue weighted by atomic mass is 10.1. The second-order valence-corrected chi connectivity index (χ2v) is 4.06. The molecule has 0 spiro atoms. The van der Waals surface area contributed by atoms with Crippen LogP contribution in [0.1, 0.15) is 15.9 Å². The maximum atomic E-state index is 12.0. The fraction of sp³-hybridized carbons (Fsp3) is 0.133. The van der Waals surface area contributed by atoms with Crippen LogP contribution in [0.5, 0.6) is 0 Å². The lowest BCUT2D eigenvalue weighted by Gasteiger charge is -2.06. The van der Waals surface area contributed by atoms with Gasteiger partial charge in [-0.2, -0.15) is 0 Å². The Kier molecular flexibility index (Phi) is 4.10. The maximum Gasteiger partial charge on any atom is 0.255 e. The number of benzene rings is 2. The first-order chi connectivity index (χ1) is 8.79. The highest BCUT2D eigenvalue weighted by atomic mass is 16.1. The molecule has 0 radical (unpaired) electrons. The Labute approximate surface area is 107 Å². The van der Waals surface area contributed by atoms with Gasteiger partial charge in [0.05, 0.1) is 0 Å². The minimum atomic E-state index is -0.0972. The summed E-state index contributed by atoms with van der Waals surface area (Å²) in [7, 11) is 0. The second kappa shape index (κ2) is 5.98. The van der Waals surface area contributed by atoms with Gasteiger partial charge in [-0.05, 0) is 42.8 Å². The Morgan fingerprint density at radius 1 is 1.06 bits per heavy atom. The van der Waals surface area contributed by atoms with Gasteiger partial charge in [-0.15, -0.1) is 0 Å². The van der Waals surface area contributed by atoms with Crippen molar-refractivity contribution in [2.75, 3.05) is 11.9 Å². The van der Waals surface area contributed by atoms with E-state index < -0.39 is 0 Å². The van der Waals surface area contributed by atoms with Gasteiger partial charge in [0.25, 0.3) is 5.91 Å². The van der Waals surface area contributed by atoms with Crippen LogP contribution >= 0.6 is 0 Å². The number of amides is 1. The van der Waals surface area contributed by atoms with Gasteiger partial charge in [0, 0.05) is 11.3 Å². The predicted octanol–water partition coefficient (Wildman–Crippen LogP) is 2.44. The molecule has 3 nitrogen and oxygen atoms in total. The number of hydrogen-bond donors (Lipinski definition) is 2. The Bertz CT molecular complexity index is 523. The zero-order valence-corrected chi connectivity index (χ0v) is 10.1. The van der Waals surface area contributed by atoms with Crippen LogP contribution in [0.4, 0.5) is 5.69 Å². The van der Waals surface area contributed by atoms with E-state index in [0.717, 1.165) is 17.7 Å².